The average Bonchev–Trinajstić information content (AvgIpc) is 2.17. The topological polar surface area (TPSA) is 17.1 Å². The van der Waals surface area contributed by atoms with Gasteiger partial charge in [-0.1, -0.05) is 35.7 Å². The first-order chi connectivity index (χ1) is 6.72. The Bertz CT molecular complexity index is 340. The second-order valence-corrected chi connectivity index (χ2v) is 3.41. The van der Waals surface area contributed by atoms with Crippen LogP contribution in [-0.4, -0.2) is 5.78 Å². The number of carbonyl (C=O) groups is 1. The highest BCUT2D eigenvalue weighted by Gasteiger charge is 2.00. The van der Waals surface area contributed by atoms with Gasteiger partial charge in [-0.2, -0.15) is 0 Å². The lowest BCUT2D eigenvalue weighted by molar-refractivity contribution is -0.118. The molecule has 0 heterocycles. The van der Waals surface area contributed by atoms with Gasteiger partial charge in [0, 0.05) is 6.42 Å². The van der Waals surface area contributed by atoms with E-state index >= 15 is 0 Å². The van der Waals surface area contributed by atoms with E-state index in [4.69, 9.17) is 6.42 Å². The number of Topliss-reactive ketones (excluding diaryl/α,β-unsaturated/α-hetero) is 1. The molecule has 1 rings (SSSR count). The molecule has 0 aliphatic heterocycles. The molecule has 72 valence electrons. The van der Waals surface area contributed by atoms with E-state index in [0.29, 0.717) is 6.42 Å². The molecule has 1 nitrogen and oxygen atoms in total. The van der Waals surface area contributed by atoms with Crippen LogP contribution in [0.2, 0.25) is 0 Å². The van der Waals surface area contributed by atoms with Crippen LogP contribution >= 0.6 is 0 Å². The van der Waals surface area contributed by atoms with E-state index < -0.39 is 0 Å². The van der Waals surface area contributed by atoms with E-state index in [2.05, 4.69) is 30.2 Å². The zero-order valence-electron chi connectivity index (χ0n) is 8.42. The van der Waals surface area contributed by atoms with Gasteiger partial charge < -0.3 is 0 Å². The van der Waals surface area contributed by atoms with Crippen molar-refractivity contribution in [3.8, 4) is 12.3 Å². The number of aryl methyl sites for hydroxylation is 2. The maximum absolute atomic E-state index is 11.1. The lowest BCUT2D eigenvalue weighted by Crippen LogP contribution is -1.98. The van der Waals surface area contributed by atoms with Crippen LogP contribution in [0.25, 0.3) is 0 Å². The molecule has 0 bridgehead atoms. The molecule has 0 spiro atoms. The van der Waals surface area contributed by atoms with Gasteiger partial charge in [0.05, 0.1) is 6.42 Å². The average molecular weight is 186 g/mol. The summed E-state index contributed by atoms with van der Waals surface area (Å²) in [5.41, 5.74) is 2.43. The minimum atomic E-state index is 0.146. The number of hydrogen-bond acceptors (Lipinski definition) is 1. The Morgan fingerprint density at radius 2 is 2.00 bits per heavy atom. The van der Waals surface area contributed by atoms with E-state index in [1.165, 1.54) is 11.1 Å². The van der Waals surface area contributed by atoms with Crippen LogP contribution in [0.1, 0.15) is 24.0 Å². The highest BCUT2D eigenvalue weighted by molar-refractivity contribution is 5.80. The summed E-state index contributed by atoms with van der Waals surface area (Å²) in [5.74, 6) is 2.51. The molecular weight excluding hydrogens is 172 g/mol. The summed E-state index contributed by atoms with van der Waals surface area (Å²) >= 11 is 0. The molecule has 0 saturated heterocycles. The Kier molecular flexibility index (Phi) is 3.94. The van der Waals surface area contributed by atoms with Crippen LogP contribution in [0.15, 0.2) is 24.3 Å². The third-order valence-corrected chi connectivity index (χ3v) is 2.11. The summed E-state index contributed by atoms with van der Waals surface area (Å²) in [6.45, 7) is 2.05. The highest BCUT2D eigenvalue weighted by Crippen LogP contribution is 2.06. The number of carbonyl (C=O) groups excluding carboxylic acids is 1. The van der Waals surface area contributed by atoms with Crippen molar-refractivity contribution in [2.45, 2.75) is 26.2 Å². The maximum Gasteiger partial charge on any atom is 0.145 e. The smallest absolute Gasteiger partial charge is 0.145 e. The van der Waals surface area contributed by atoms with Crippen molar-refractivity contribution in [2.75, 3.05) is 0 Å². The molecular formula is C13H14O. The minimum Gasteiger partial charge on any atom is -0.299 e. The zero-order valence-corrected chi connectivity index (χ0v) is 8.42. The SMILES string of the molecule is C#CCC(=O)CCc1ccc(C)cc1. The molecule has 0 unspecified atom stereocenters. The summed E-state index contributed by atoms with van der Waals surface area (Å²) in [7, 11) is 0. The van der Waals surface area contributed by atoms with Gasteiger partial charge >= 0.3 is 0 Å². The molecule has 1 aromatic rings. The standard InChI is InChI=1S/C13H14O/c1-3-4-13(14)10-9-12-7-5-11(2)6-8-12/h1,5-8H,4,9-10H2,2H3. The van der Waals surface area contributed by atoms with Crippen molar-refractivity contribution in [1.82, 2.24) is 0 Å². The molecule has 0 aliphatic rings. The third-order valence-electron chi connectivity index (χ3n) is 2.11. The summed E-state index contributed by atoms with van der Waals surface area (Å²) in [6, 6.07) is 8.22. The van der Waals surface area contributed by atoms with Gasteiger partial charge in [-0.25, -0.2) is 0 Å². The van der Waals surface area contributed by atoms with E-state index in [1.807, 2.05) is 6.92 Å². The number of terminal acetylenes is 1. The van der Waals surface area contributed by atoms with Gasteiger partial charge in [0.1, 0.15) is 5.78 Å². The van der Waals surface area contributed by atoms with Crippen molar-refractivity contribution >= 4 is 5.78 Å². The van der Waals surface area contributed by atoms with Gasteiger partial charge in [0.25, 0.3) is 0 Å². The van der Waals surface area contributed by atoms with Gasteiger partial charge in [-0.05, 0) is 18.9 Å². The molecule has 14 heavy (non-hydrogen) atoms. The van der Waals surface area contributed by atoms with E-state index in [1.54, 1.807) is 0 Å². The van der Waals surface area contributed by atoms with Gasteiger partial charge in [0.2, 0.25) is 0 Å². The quantitative estimate of drug-likeness (QED) is 0.660. The Labute approximate surface area is 85.1 Å². The Balaban J connectivity index is 2.43. The van der Waals surface area contributed by atoms with Crippen LogP contribution in [0.4, 0.5) is 0 Å². The fraction of sp³-hybridized carbons (Fsp3) is 0.308. The van der Waals surface area contributed by atoms with Crippen LogP contribution in [-0.2, 0) is 11.2 Å². The molecule has 0 aromatic heterocycles. The van der Waals surface area contributed by atoms with E-state index in [0.717, 1.165) is 6.42 Å². The number of ketones is 1. The molecule has 0 fully saturated rings. The maximum atomic E-state index is 11.1. The molecule has 1 aromatic carbocycles. The Morgan fingerprint density at radius 1 is 1.36 bits per heavy atom. The first-order valence-corrected chi connectivity index (χ1v) is 4.73. The number of rotatable bonds is 4. The highest BCUT2D eigenvalue weighted by atomic mass is 16.1. The van der Waals surface area contributed by atoms with Gasteiger partial charge in [-0.15, -0.1) is 6.42 Å². The van der Waals surface area contributed by atoms with Crippen molar-refractivity contribution in [3.63, 3.8) is 0 Å². The normalized spacial score (nSPS) is 9.43. The predicted octanol–water partition coefficient (Wildman–Crippen LogP) is 2.52. The van der Waals surface area contributed by atoms with Gasteiger partial charge in [0.15, 0.2) is 0 Å². The van der Waals surface area contributed by atoms with Crippen molar-refractivity contribution in [1.29, 1.82) is 0 Å². The Hall–Kier alpha value is -1.55. The van der Waals surface area contributed by atoms with Crippen molar-refractivity contribution in [2.24, 2.45) is 0 Å². The molecule has 0 aliphatic carbocycles. The first kappa shape index (κ1) is 10.5. The molecule has 0 saturated carbocycles. The van der Waals surface area contributed by atoms with E-state index in [9.17, 15) is 4.79 Å². The summed E-state index contributed by atoms with van der Waals surface area (Å²) in [6.07, 6.45) is 6.64. The largest absolute Gasteiger partial charge is 0.299 e. The predicted molar refractivity (Wildman–Crippen MR) is 58.0 cm³/mol. The van der Waals surface area contributed by atoms with Crippen LogP contribution < -0.4 is 0 Å². The second-order valence-electron chi connectivity index (χ2n) is 3.41. The van der Waals surface area contributed by atoms with Crippen molar-refractivity contribution in [3.05, 3.63) is 35.4 Å². The zero-order chi connectivity index (χ0) is 10.4. The van der Waals surface area contributed by atoms with Crippen molar-refractivity contribution < 1.29 is 4.79 Å². The first-order valence-electron chi connectivity index (χ1n) is 4.73. The molecule has 0 radical (unpaired) electrons. The molecule has 0 atom stereocenters. The second kappa shape index (κ2) is 5.24. The summed E-state index contributed by atoms with van der Waals surface area (Å²) < 4.78 is 0. The van der Waals surface area contributed by atoms with Crippen LogP contribution in [0, 0.1) is 19.3 Å². The number of hydrogen-bond donors (Lipinski definition) is 0. The lowest BCUT2D eigenvalue weighted by Gasteiger charge is -1.99. The minimum absolute atomic E-state index is 0.146. The number of benzene rings is 1. The third kappa shape index (κ3) is 3.45. The van der Waals surface area contributed by atoms with Crippen LogP contribution in [0.3, 0.4) is 0 Å². The lowest BCUT2D eigenvalue weighted by atomic mass is 10.1. The monoisotopic (exact) mass is 186 g/mol. The molecule has 0 amide bonds. The Morgan fingerprint density at radius 3 is 2.57 bits per heavy atom. The van der Waals surface area contributed by atoms with Gasteiger partial charge in [-0.3, -0.25) is 4.79 Å². The fourth-order valence-corrected chi connectivity index (χ4v) is 1.24. The molecule has 1 heteroatoms. The molecule has 0 N–H and O–H groups in total. The summed E-state index contributed by atoms with van der Waals surface area (Å²) in [5, 5.41) is 0. The summed E-state index contributed by atoms with van der Waals surface area (Å²) in [4.78, 5) is 11.1. The fourth-order valence-electron chi connectivity index (χ4n) is 1.24. The van der Waals surface area contributed by atoms with E-state index in [-0.39, 0.29) is 12.2 Å². The van der Waals surface area contributed by atoms with Crippen LogP contribution in [0.5, 0.6) is 0 Å².